The fourth-order valence-corrected chi connectivity index (χ4v) is 4.91. The van der Waals surface area contributed by atoms with Gasteiger partial charge in [-0.1, -0.05) is 76.9 Å². The van der Waals surface area contributed by atoms with Gasteiger partial charge in [-0.25, -0.2) is 4.99 Å². The van der Waals surface area contributed by atoms with E-state index in [1.54, 1.807) is 6.92 Å². The van der Waals surface area contributed by atoms with Gasteiger partial charge in [-0.05, 0) is 39.0 Å². The first-order valence-corrected chi connectivity index (χ1v) is 13.4. The van der Waals surface area contributed by atoms with Crippen molar-refractivity contribution in [1.82, 2.24) is 5.32 Å². The van der Waals surface area contributed by atoms with E-state index in [0.717, 1.165) is 30.5 Å². The van der Waals surface area contributed by atoms with Gasteiger partial charge in [-0.2, -0.15) is 0 Å². The van der Waals surface area contributed by atoms with Crippen molar-refractivity contribution in [3.8, 4) is 0 Å². The summed E-state index contributed by atoms with van der Waals surface area (Å²) in [5.41, 5.74) is 0. The van der Waals surface area contributed by atoms with E-state index in [4.69, 9.17) is 4.99 Å². The van der Waals surface area contributed by atoms with Crippen LogP contribution in [0.5, 0.6) is 0 Å². The molecular weight excluding hydrogens is 382 g/mol. The van der Waals surface area contributed by atoms with Crippen molar-refractivity contribution >= 4 is 11.7 Å². The summed E-state index contributed by atoms with van der Waals surface area (Å²) in [6.45, 7) is 11.2. The lowest BCUT2D eigenvalue weighted by Crippen LogP contribution is -2.62. The SMILES string of the molecule is CCCCCCCCCCCC/C=C/CCCCC1=NCC[N+]1(CC)C(C)NC(C)=O. The molecule has 2 unspecified atom stereocenters. The number of carbonyl (C=O) groups excluding carboxylic acids is 1. The maximum atomic E-state index is 11.5. The number of quaternary nitrogens is 1. The highest BCUT2D eigenvalue weighted by atomic mass is 16.1. The van der Waals surface area contributed by atoms with E-state index in [1.807, 2.05) is 0 Å². The van der Waals surface area contributed by atoms with E-state index in [9.17, 15) is 4.79 Å². The van der Waals surface area contributed by atoms with Gasteiger partial charge in [0.15, 0.2) is 12.0 Å². The molecule has 2 atom stereocenters. The van der Waals surface area contributed by atoms with Gasteiger partial charge in [-0.15, -0.1) is 0 Å². The summed E-state index contributed by atoms with van der Waals surface area (Å²) in [4.78, 5) is 16.3. The molecule has 0 aromatic carbocycles. The van der Waals surface area contributed by atoms with E-state index in [-0.39, 0.29) is 12.1 Å². The molecule has 31 heavy (non-hydrogen) atoms. The van der Waals surface area contributed by atoms with Gasteiger partial charge in [-0.3, -0.25) is 9.28 Å². The van der Waals surface area contributed by atoms with Gasteiger partial charge in [0.2, 0.25) is 5.91 Å². The van der Waals surface area contributed by atoms with Crippen LogP contribution in [0.4, 0.5) is 0 Å². The predicted octanol–water partition coefficient (Wildman–Crippen LogP) is 7.14. The number of amidine groups is 1. The van der Waals surface area contributed by atoms with Crippen LogP contribution in [0, 0.1) is 0 Å². The normalized spacial score (nSPS) is 19.7. The molecule has 0 aromatic rings. The molecule has 0 aliphatic carbocycles. The minimum Gasteiger partial charge on any atom is -0.307 e. The largest absolute Gasteiger partial charge is 0.307 e. The van der Waals surface area contributed by atoms with Gasteiger partial charge in [0, 0.05) is 20.3 Å². The van der Waals surface area contributed by atoms with Crippen LogP contribution >= 0.6 is 0 Å². The maximum Gasteiger partial charge on any atom is 0.221 e. The van der Waals surface area contributed by atoms with Crippen molar-refractivity contribution in [2.24, 2.45) is 4.99 Å². The maximum absolute atomic E-state index is 11.5. The Morgan fingerprint density at radius 1 is 0.935 bits per heavy atom. The van der Waals surface area contributed by atoms with Crippen LogP contribution in [0.15, 0.2) is 17.1 Å². The minimum absolute atomic E-state index is 0.0530. The summed E-state index contributed by atoms with van der Waals surface area (Å²) in [7, 11) is 0. The second-order valence-corrected chi connectivity index (χ2v) is 9.44. The molecule has 0 saturated carbocycles. The van der Waals surface area contributed by atoms with Crippen molar-refractivity contribution in [1.29, 1.82) is 0 Å². The molecule has 0 fully saturated rings. The fourth-order valence-electron chi connectivity index (χ4n) is 4.91. The van der Waals surface area contributed by atoms with Crippen LogP contribution in [0.25, 0.3) is 0 Å². The molecule has 1 rings (SSSR count). The van der Waals surface area contributed by atoms with Gasteiger partial charge in [0.05, 0.1) is 13.1 Å². The highest BCUT2D eigenvalue weighted by Gasteiger charge is 2.41. The summed E-state index contributed by atoms with van der Waals surface area (Å²) in [5, 5.41) is 3.10. The van der Waals surface area contributed by atoms with Crippen LogP contribution < -0.4 is 5.32 Å². The number of nitrogens with one attached hydrogen (secondary N) is 1. The molecule has 1 heterocycles. The molecular formula is C27H52N3O+. The molecule has 4 heteroatoms. The lowest BCUT2D eigenvalue weighted by Gasteiger charge is -2.39. The highest BCUT2D eigenvalue weighted by Crippen LogP contribution is 2.23. The third kappa shape index (κ3) is 11.3. The molecule has 0 bridgehead atoms. The van der Waals surface area contributed by atoms with Gasteiger partial charge in [0.1, 0.15) is 6.54 Å². The zero-order chi connectivity index (χ0) is 22.8. The first-order valence-electron chi connectivity index (χ1n) is 13.4. The third-order valence-corrected chi connectivity index (χ3v) is 6.94. The van der Waals surface area contributed by atoms with Crippen molar-refractivity contribution in [3.63, 3.8) is 0 Å². The number of rotatable bonds is 19. The quantitative estimate of drug-likeness (QED) is 0.131. The number of amides is 1. The Kier molecular flexibility index (Phi) is 15.6. The zero-order valence-electron chi connectivity index (χ0n) is 21.3. The second kappa shape index (κ2) is 17.4. The fraction of sp³-hybridized carbons (Fsp3) is 0.852. The number of aliphatic imine (C=N–C) groups is 1. The van der Waals surface area contributed by atoms with Crippen molar-refractivity contribution in [3.05, 3.63) is 12.2 Å². The smallest absolute Gasteiger partial charge is 0.221 e. The Balaban J connectivity index is 2.06. The van der Waals surface area contributed by atoms with Gasteiger partial charge >= 0.3 is 0 Å². The van der Waals surface area contributed by atoms with Crippen LogP contribution in [-0.2, 0) is 4.79 Å². The Morgan fingerprint density at radius 2 is 1.48 bits per heavy atom. The summed E-state index contributed by atoms with van der Waals surface area (Å²) < 4.78 is 0.841. The monoisotopic (exact) mass is 434 g/mol. The van der Waals surface area contributed by atoms with E-state index >= 15 is 0 Å². The van der Waals surface area contributed by atoms with Crippen molar-refractivity contribution in [2.45, 2.75) is 130 Å². The topological polar surface area (TPSA) is 41.5 Å². The number of likely N-dealkylation sites (N-methyl/N-ethyl adjacent to an activating group) is 1. The lowest BCUT2D eigenvalue weighted by atomic mass is 10.1. The molecule has 1 amide bonds. The zero-order valence-corrected chi connectivity index (χ0v) is 21.3. The molecule has 1 N–H and O–H groups in total. The Hall–Kier alpha value is -1.16. The molecule has 1 aliphatic heterocycles. The van der Waals surface area contributed by atoms with Crippen LogP contribution in [0.3, 0.4) is 0 Å². The average Bonchev–Trinajstić information content (AvgIpc) is 3.17. The third-order valence-electron chi connectivity index (χ3n) is 6.94. The van der Waals surface area contributed by atoms with E-state index in [2.05, 4.69) is 38.2 Å². The lowest BCUT2D eigenvalue weighted by molar-refractivity contribution is -0.861. The first-order chi connectivity index (χ1) is 15.1. The first kappa shape index (κ1) is 27.9. The number of carbonyl (C=O) groups is 1. The van der Waals surface area contributed by atoms with Crippen molar-refractivity contribution < 1.29 is 9.28 Å². The van der Waals surface area contributed by atoms with Crippen LogP contribution in [0.2, 0.25) is 0 Å². The van der Waals surface area contributed by atoms with Crippen LogP contribution in [-0.4, -0.2) is 42.0 Å². The van der Waals surface area contributed by atoms with E-state index in [0.29, 0.717) is 0 Å². The summed E-state index contributed by atoms with van der Waals surface area (Å²) in [6, 6.07) is 0. The Bertz CT molecular complexity index is 529. The number of hydrogen-bond acceptors (Lipinski definition) is 2. The molecule has 0 radical (unpaired) electrons. The van der Waals surface area contributed by atoms with Gasteiger partial charge < -0.3 is 5.32 Å². The second-order valence-electron chi connectivity index (χ2n) is 9.44. The molecule has 0 aromatic heterocycles. The number of unbranched alkanes of at least 4 members (excludes halogenated alkanes) is 12. The highest BCUT2D eigenvalue weighted by molar-refractivity contribution is 5.78. The molecule has 180 valence electrons. The van der Waals surface area contributed by atoms with Crippen molar-refractivity contribution in [2.75, 3.05) is 19.6 Å². The summed E-state index contributed by atoms with van der Waals surface area (Å²) in [6.07, 6.45) is 24.9. The summed E-state index contributed by atoms with van der Waals surface area (Å²) in [5.74, 6) is 1.34. The molecule has 0 saturated heterocycles. The molecule has 0 spiro atoms. The number of nitrogens with zero attached hydrogens (tertiary/aromatic N) is 2. The predicted molar refractivity (Wildman–Crippen MR) is 135 cm³/mol. The number of hydrogen-bond donors (Lipinski definition) is 1. The Morgan fingerprint density at radius 3 is 2.03 bits per heavy atom. The molecule has 1 aliphatic rings. The average molecular weight is 435 g/mol. The van der Waals surface area contributed by atoms with Crippen LogP contribution in [0.1, 0.15) is 124 Å². The van der Waals surface area contributed by atoms with E-state index < -0.39 is 0 Å². The molecule has 4 nitrogen and oxygen atoms in total. The Labute approximate surface area is 193 Å². The number of allylic oxidation sites excluding steroid dienone is 2. The minimum atomic E-state index is 0.0530. The standard InChI is InChI=1S/C27H51N3O/c1-5-7-8-9-10-11-12-13-14-15-16-17-18-19-20-21-22-27-28-23-24-30(27,6-2)25(3)29-26(4)31/h17-18,25H,5-16,19-24H2,1-4H3/p+1/b18-17+. The van der Waals surface area contributed by atoms with Gasteiger partial charge in [0.25, 0.3) is 0 Å². The van der Waals surface area contributed by atoms with E-state index in [1.165, 1.54) is 95.7 Å². The summed E-state index contributed by atoms with van der Waals surface area (Å²) >= 11 is 0.